The van der Waals surface area contributed by atoms with E-state index in [9.17, 15) is 31.9 Å². The van der Waals surface area contributed by atoms with Gasteiger partial charge in [-0.25, -0.2) is 4.39 Å². The van der Waals surface area contributed by atoms with Gasteiger partial charge in [-0.15, -0.1) is 0 Å². The van der Waals surface area contributed by atoms with Crippen molar-refractivity contribution in [1.82, 2.24) is 9.88 Å². The first-order valence-corrected chi connectivity index (χ1v) is 9.48. The third-order valence-electron chi connectivity index (χ3n) is 4.97. The number of carbonyl (C=O) groups is 2. The van der Waals surface area contributed by atoms with E-state index in [1.807, 2.05) is 0 Å². The van der Waals surface area contributed by atoms with Gasteiger partial charge in [0.25, 0.3) is 11.5 Å². The van der Waals surface area contributed by atoms with Crippen molar-refractivity contribution < 1.29 is 32.3 Å². The van der Waals surface area contributed by atoms with Crippen LogP contribution in [0.5, 0.6) is 0 Å². The van der Waals surface area contributed by atoms with Gasteiger partial charge in [-0.3, -0.25) is 14.4 Å². The standard InChI is InChI=1S/C22H18F4N2O4/c1-12-16-6-5-14(22(24,25)26)10-17(16)28(8-7-18(29)30)21(32)19(12)20(31)27-11-13-3-2-4-15(23)9-13/h2-6,9-10H,7-8,11H2,1H3,(H,27,31)(H,29,30). The third-order valence-corrected chi connectivity index (χ3v) is 4.97. The zero-order valence-electron chi connectivity index (χ0n) is 16.8. The zero-order chi connectivity index (χ0) is 23.6. The van der Waals surface area contributed by atoms with Crippen LogP contribution in [0.15, 0.2) is 47.3 Å². The van der Waals surface area contributed by atoms with E-state index in [1.54, 1.807) is 6.07 Å². The molecule has 0 saturated carbocycles. The van der Waals surface area contributed by atoms with E-state index in [1.165, 1.54) is 25.1 Å². The number of hydrogen-bond acceptors (Lipinski definition) is 3. The lowest BCUT2D eigenvalue weighted by molar-refractivity contribution is -0.138. The van der Waals surface area contributed by atoms with Gasteiger partial charge in [-0.1, -0.05) is 18.2 Å². The summed E-state index contributed by atoms with van der Waals surface area (Å²) in [5, 5.41) is 11.7. The first-order valence-electron chi connectivity index (χ1n) is 9.48. The van der Waals surface area contributed by atoms with Gasteiger partial charge >= 0.3 is 12.1 Å². The molecule has 10 heteroatoms. The molecule has 0 unspecified atom stereocenters. The molecular weight excluding hydrogens is 432 g/mol. The van der Waals surface area contributed by atoms with E-state index in [2.05, 4.69) is 5.32 Å². The Balaban J connectivity index is 2.10. The van der Waals surface area contributed by atoms with Crippen LogP contribution in [0.25, 0.3) is 10.9 Å². The minimum Gasteiger partial charge on any atom is -0.481 e. The monoisotopic (exact) mass is 450 g/mol. The van der Waals surface area contributed by atoms with E-state index in [0.717, 1.165) is 22.8 Å². The lowest BCUT2D eigenvalue weighted by Crippen LogP contribution is -2.34. The first-order chi connectivity index (χ1) is 15.0. The van der Waals surface area contributed by atoms with Gasteiger partial charge in [0.15, 0.2) is 0 Å². The molecule has 3 aromatic rings. The number of amides is 1. The number of pyridine rings is 1. The van der Waals surface area contributed by atoms with E-state index in [4.69, 9.17) is 5.11 Å². The number of nitrogens with zero attached hydrogens (tertiary/aromatic N) is 1. The number of aliphatic carboxylic acids is 1. The molecule has 0 aliphatic heterocycles. The van der Waals surface area contributed by atoms with Crippen molar-refractivity contribution in [2.24, 2.45) is 0 Å². The Bertz CT molecular complexity index is 1270. The smallest absolute Gasteiger partial charge is 0.416 e. The number of carbonyl (C=O) groups excluding carboxylic acids is 1. The number of halogens is 4. The number of benzene rings is 2. The predicted molar refractivity (Wildman–Crippen MR) is 108 cm³/mol. The van der Waals surface area contributed by atoms with Crippen LogP contribution in [0.4, 0.5) is 17.6 Å². The Morgan fingerprint density at radius 3 is 2.47 bits per heavy atom. The number of rotatable bonds is 6. The number of carboxylic acids is 1. The molecule has 168 valence electrons. The SMILES string of the molecule is Cc1c(C(=O)NCc2cccc(F)c2)c(=O)n(CCC(=O)O)c2cc(C(F)(F)F)ccc12. The summed E-state index contributed by atoms with van der Waals surface area (Å²) in [5.74, 6) is -2.56. The zero-order valence-corrected chi connectivity index (χ0v) is 16.8. The molecule has 32 heavy (non-hydrogen) atoms. The molecule has 0 radical (unpaired) electrons. The number of carboxylic acid groups (broad SMARTS) is 1. The topological polar surface area (TPSA) is 88.4 Å². The number of nitrogens with one attached hydrogen (secondary N) is 1. The van der Waals surface area contributed by atoms with Crippen LogP contribution in [0.1, 0.15) is 33.5 Å². The molecule has 0 atom stereocenters. The molecule has 6 nitrogen and oxygen atoms in total. The van der Waals surface area contributed by atoms with Crippen molar-refractivity contribution in [2.75, 3.05) is 0 Å². The maximum absolute atomic E-state index is 13.3. The molecule has 0 fully saturated rings. The van der Waals surface area contributed by atoms with Gasteiger partial charge < -0.3 is 15.0 Å². The molecule has 2 aromatic carbocycles. The molecule has 2 N–H and O–H groups in total. The molecular formula is C22H18F4N2O4. The lowest BCUT2D eigenvalue weighted by Gasteiger charge is -2.17. The number of hydrogen-bond donors (Lipinski definition) is 2. The highest BCUT2D eigenvalue weighted by Gasteiger charge is 2.31. The minimum absolute atomic E-state index is 0.0877. The summed E-state index contributed by atoms with van der Waals surface area (Å²) >= 11 is 0. The molecule has 0 bridgehead atoms. The van der Waals surface area contributed by atoms with Crippen LogP contribution in [-0.4, -0.2) is 21.6 Å². The average molecular weight is 450 g/mol. The molecule has 0 aliphatic carbocycles. The van der Waals surface area contributed by atoms with Gasteiger partial charge in [-0.05, 0) is 42.3 Å². The van der Waals surface area contributed by atoms with Crippen LogP contribution >= 0.6 is 0 Å². The Hall–Kier alpha value is -3.69. The number of aromatic nitrogens is 1. The van der Waals surface area contributed by atoms with Crippen molar-refractivity contribution in [2.45, 2.75) is 32.6 Å². The van der Waals surface area contributed by atoms with Crippen molar-refractivity contribution in [3.8, 4) is 0 Å². The summed E-state index contributed by atoms with van der Waals surface area (Å²) in [7, 11) is 0. The first kappa shape index (κ1) is 23.0. The molecule has 0 spiro atoms. The van der Waals surface area contributed by atoms with Crippen LogP contribution in [0, 0.1) is 12.7 Å². The Morgan fingerprint density at radius 2 is 1.84 bits per heavy atom. The summed E-state index contributed by atoms with van der Waals surface area (Å²) in [6.45, 7) is 0.918. The molecule has 0 saturated heterocycles. The Labute approximate surface area is 179 Å². The van der Waals surface area contributed by atoms with E-state index < -0.39 is 48.0 Å². The number of fused-ring (bicyclic) bond motifs is 1. The summed E-state index contributed by atoms with van der Waals surface area (Å²) in [6.07, 6.45) is -5.20. The summed E-state index contributed by atoms with van der Waals surface area (Å²) in [4.78, 5) is 36.9. The fraction of sp³-hybridized carbons (Fsp3) is 0.227. The number of alkyl halides is 3. The van der Waals surface area contributed by atoms with Crippen molar-refractivity contribution in [1.29, 1.82) is 0 Å². The fourth-order valence-corrected chi connectivity index (χ4v) is 3.40. The van der Waals surface area contributed by atoms with Crippen LogP contribution in [0.3, 0.4) is 0 Å². The summed E-state index contributed by atoms with van der Waals surface area (Å²) < 4.78 is 53.8. The second-order valence-electron chi connectivity index (χ2n) is 7.14. The van der Waals surface area contributed by atoms with Gasteiger partial charge in [0.05, 0.1) is 17.5 Å². The highest BCUT2D eigenvalue weighted by Crippen LogP contribution is 2.32. The maximum Gasteiger partial charge on any atom is 0.416 e. The van der Waals surface area contributed by atoms with Gasteiger partial charge in [0, 0.05) is 18.5 Å². The van der Waals surface area contributed by atoms with E-state index >= 15 is 0 Å². The predicted octanol–water partition coefficient (Wildman–Crippen LogP) is 3.87. The van der Waals surface area contributed by atoms with Crippen molar-refractivity contribution >= 4 is 22.8 Å². The number of aryl methyl sites for hydroxylation is 2. The fourth-order valence-electron chi connectivity index (χ4n) is 3.40. The van der Waals surface area contributed by atoms with E-state index in [0.29, 0.717) is 5.56 Å². The van der Waals surface area contributed by atoms with Gasteiger partial charge in [0.2, 0.25) is 0 Å². The van der Waals surface area contributed by atoms with Crippen molar-refractivity contribution in [3.05, 3.63) is 80.9 Å². The Morgan fingerprint density at radius 1 is 1.12 bits per heavy atom. The highest BCUT2D eigenvalue weighted by atomic mass is 19.4. The molecule has 1 aromatic heterocycles. The second kappa shape index (κ2) is 8.81. The molecule has 1 amide bonds. The lowest BCUT2D eigenvalue weighted by atomic mass is 10.0. The normalized spacial score (nSPS) is 11.5. The van der Waals surface area contributed by atoms with Crippen molar-refractivity contribution in [3.63, 3.8) is 0 Å². The molecule has 3 rings (SSSR count). The van der Waals surface area contributed by atoms with Gasteiger partial charge in [0.1, 0.15) is 11.4 Å². The average Bonchev–Trinajstić information content (AvgIpc) is 2.71. The molecule has 0 aliphatic rings. The van der Waals surface area contributed by atoms with Crippen LogP contribution in [-0.2, 0) is 24.1 Å². The Kier molecular flexibility index (Phi) is 6.33. The third kappa shape index (κ3) is 4.79. The van der Waals surface area contributed by atoms with E-state index in [-0.39, 0.29) is 28.6 Å². The summed E-state index contributed by atoms with van der Waals surface area (Å²) in [6, 6.07) is 8.20. The minimum atomic E-state index is -4.67. The van der Waals surface area contributed by atoms with Crippen LogP contribution in [0.2, 0.25) is 0 Å². The second-order valence-corrected chi connectivity index (χ2v) is 7.14. The maximum atomic E-state index is 13.3. The molecule has 1 heterocycles. The van der Waals surface area contributed by atoms with Gasteiger partial charge in [-0.2, -0.15) is 13.2 Å². The van der Waals surface area contributed by atoms with Crippen LogP contribution < -0.4 is 10.9 Å². The quantitative estimate of drug-likeness (QED) is 0.558. The summed E-state index contributed by atoms with van der Waals surface area (Å²) in [5.41, 5.74) is -1.76. The largest absolute Gasteiger partial charge is 0.481 e. The highest BCUT2D eigenvalue weighted by molar-refractivity contribution is 6.00.